The van der Waals surface area contributed by atoms with Crippen LogP contribution in [0.15, 0.2) is 18.2 Å². The number of aliphatic carboxylic acids is 1. The van der Waals surface area contributed by atoms with Crippen molar-refractivity contribution in [3.05, 3.63) is 35.4 Å². The third-order valence-corrected chi connectivity index (χ3v) is 3.15. The molecule has 1 aromatic rings. The van der Waals surface area contributed by atoms with Crippen molar-refractivity contribution in [1.29, 1.82) is 0 Å². The zero-order valence-corrected chi connectivity index (χ0v) is 12.1. The van der Waals surface area contributed by atoms with Crippen molar-refractivity contribution in [3.8, 4) is 0 Å². The monoisotopic (exact) mass is 299 g/mol. The highest BCUT2D eigenvalue weighted by Crippen LogP contribution is 2.14. The van der Waals surface area contributed by atoms with Crippen LogP contribution in [0.5, 0.6) is 0 Å². The Morgan fingerprint density at radius 3 is 2.48 bits per heavy atom. The number of carbonyl (C=O) groups is 2. The molecule has 0 aliphatic heterocycles. The number of amides is 1. The number of nitrogens with zero attached hydrogens (tertiary/aromatic N) is 1. The van der Waals surface area contributed by atoms with Crippen molar-refractivity contribution in [2.45, 2.75) is 39.2 Å². The first-order chi connectivity index (χ1) is 9.82. The van der Waals surface area contributed by atoms with Crippen LogP contribution in [0.2, 0.25) is 0 Å². The third-order valence-electron chi connectivity index (χ3n) is 3.15. The van der Waals surface area contributed by atoms with Crippen LogP contribution in [0.1, 0.15) is 32.3 Å². The standard InChI is InChI=1S/C15H19F2NO3/c1-10(2)18(9-8-14(20)21)13(19)7-6-11-4-3-5-12(16)15(11)17/h3-5,10H,6-9H2,1-2H3,(H,20,21). The second kappa shape index (κ2) is 7.71. The molecule has 21 heavy (non-hydrogen) atoms. The Morgan fingerprint density at radius 1 is 1.24 bits per heavy atom. The minimum absolute atomic E-state index is 0.0121. The number of benzene rings is 1. The molecule has 0 saturated carbocycles. The first kappa shape index (κ1) is 17.1. The lowest BCUT2D eigenvalue weighted by Gasteiger charge is -2.26. The second-order valence-electron chi connectivity index (χ2n) is 5.04. The van der Waals surface area contributed by atoms with E-state index in [0.717, 1.165) is 6.07 Å². The summed E-state index contributed by atoms with van der Waals surface area (Å²) in [5, 5.41) is 8.67. The number of carboxylic acid groups (broad SMARTS) is 1. The highest BCUT2D eigenvalue weighted by atomic mass is 19.2. The van der Waals surface area contributed by atoms with Crippen LogP contribution in [0.3, 0.4) is 0 Å². The van der Waals surface area contributed by atoms with Gasteiger partial charge in [-0.1, -0.05) is 12.1 Å². The van der Waals surface area contributed by atoms with Gasteiger partial charge in [0.15, 0.2) is 11.6 Å². The van der Waals surface area contributed by atoms with Crippen LogP contribution in [0.25, 0.3) is 0 Å². The molecule has 0 atom stereocenters. The number of carbonyl (C=O) groups excluding carboxylic acids is 1. The molecular weight excluding hydrogens is 280 g/mol. The normalized spacial score (nSPS) is 10.7. The van der Waals surface area contributed by atoms with Gasteiger partial charge in [-0.15, -0.1) is 0 Å². The summed E-state index contributed by atoms with van der Waals surface area (Å²) < 4.78 is 26.6. The molecule has 0 unspecified atom stereocenters. The Hall–Kier alpha value is -1.98. The molecule has 0 radical (unpaired) electrons. The molecule has 0 heterocycles. The highest BCUT2D eigenvalue weighted by molar-refractivity contribution is 5.77. The first-order valence-electron chi connectivity index (χ1n) is 6.77. The topological polar surface area (TPSA) is 57.6 Å². The fourth-order valence-electron chi connectivity index (χ4n) is 2.01. The van der Waals surface area contributed by atoms with Crippen molar-refractivity contribution in [2.24, 2.45) is 0 Å². The molecular formula is C15H19F2NO3. The number of hydrogen-bond donors (Lipinski definition) is 1. The molecule has 0 spiro atoms. The lowest BCUT2D eigenvalue weighted by Crippen LogP contribution is -2.38. The van der Waals surface area contributed by atoms with E-state index in [0.29, 0.717) is 0 Å². The van der Waals surface area contributed by atoms with Crippen molar-refractivity contribution in [2.75, 3.05) is 6.54 Å². The third kappa shape index (κ3) is 5.13. The minimum Gasteiger partial charge on any atom is -0.481 e. The van der Waals surface area contributed by atoms with Gasteiger partial charge in [0.1, 0.15) is 0 Å². The zero-order valence-electron chi connectivity index (χ0n) is 12.1. The van der Waals surface area contributed by atoms with Gasteiger partial charge in [-0.3, -0.25) is 9.59 Å². The fraction of sp³-hybridized carbons (Fsp3) is 0.467. The Bertz CT molecular complexity index is 518. The molecule has 4 nitrogen and oxygen atoms in total. The van der Waals surface area contributed by atoms with Gasteiger partial charge in [0.2, 0.25) is 5.91 Å². The van der Waals surface area contributed by atoms with Gasteiger partial charge < -0.3 is 10.0 Å². The van der Waals surface area contributed by atoms with E-state index in [1.54, 1.807) is 13.8 Å². The average molecular weight is 299 g/mol. The molecule has 1 rings (SSSR count). The molecule has 0 bridgehead atoms. The van der Waals surface area contributed by atoms with E-state index >= 15 is 0 Å². The predicted octanol–water partition coefficient (Wildman–Crippen LogP) is 2.61. The van der Waals surface area contributed by atoms with Crippen LogP contribution in [0.4, 0.5) is 8.78 Å². The van der Waals surface area contributed by atoms with E-state index in [2.05, 4.69) is 0 Å². The largest absolute Gasteiger partial charge is 0.481 e. The number of rotatable bonds is 7. The SMILES string of the molecule is CC(C)N(CCC(=O)O)C(=O)CCc1cccc(F)c1F. The first-order valence-corrected chi connectivity index (χ1v) is 6.77. The van der Waals surface area contributed by atoms with Gasteiger partial charge in [0, 0.05) is 19.0 Å². The summed E-state index contributed by atoms with van der Waals surface area (Å²) in [6, 6.07) is 3.70. The van der Waals surface area contributed by atoms with Gasteiger partial charge in [-0.05, 0) is 31.9 Å². The Labute approximate surface area is 122 Å². The summed E-state index contributed by atoms with van der Waals surface area (Å²) in [5.41, 5.74) is 0.144. The predicted molar refractivity (Wildman–Crippen MR) is 73.8 cm³/mol. The molecule has 0 saturated heterocycles. The van der Waals surface area contributed by atoms with Gasteiger partial charge >= 0.3 is 5.97 Å². The molecule has 116 valence electrons. The quantitative estimate of drug-likeness (QED) is 0.842. The van der Waals surface area contributed by atoms with Crippen LogP contribution < -0.4 is 0 Å². The van der Waals surface area contributed by atoms with Crippen LogP contribution >= 0.6 is 0 Å². The number of hydrogen-bond acceptors (Lipinski definition) is 2. The van der Waals surface area contributed by atoms with Crippen molar-refractivity contribution < 1.29 is 23.5 Å². The maximum atomic E-state index is 13.5. The molecule has 0 aromatic heterocycles. The maximum Gasteiger partial charge on any atom is 0.305 e. The van der Waals surface area contributed by atoms with E-state index < -0.39 is 17.6 Å². The smallest absolute Gasteiger partial charge is 0.305 e. The summed E-state index contributed by atoms with van der Waals surface area (Å²) in [4.78, 5) is 24.1. The van der Waals surface area contributed by atoms with Crippen molar-refractivity contribution >= 4 is 11.9 Å². The van der Waals surface area contributed by atoms with Gasteiger partial charge in [0.05, 0.1) is 6.42 Å². The lowest BCUT2D eigenvalue weighted by molar-refractivity contribution is -0.139. The number of halogens is 2. The van der Waals surface area contributed by atoms with Crippen LogP contribution in [0, 0.1) is 11.6 Å². The number of aryl methyl sites for hydroxylation is 1. The summed E-state index contributed by atoms with van der Waals surface area (Å²) in [6.45, 7) is 3.67. The van der Waals surface area contributed by atoms with Gasteiger partial charge in [0.25, 0.3) is 0 Å². The Morgan fingerprint density at radius 2 is 1.90 bits per heavy atom. The minimum atomic E-state index is -0.982. The molecule has 1 amide bonds. The molecule has 0 aliphatic rings. The van der Waals surface area contributed by atoms with Crippen molar-refractivity contribution in [1.82, 2.24) is 4.90 Å². The number of carboxylic acids is 1. The summed E-state index contributed by atoms with van der Waals surface area (Å²) >= 11 is 0. The molecule has 1 aromatic carbocycles. The molecule has 0 aliphatic carbocycles. The lowest BCUT2D eigenvalue weighted by atomic mass is 10.1. The van der Waals surface area contributed by atoms with E-state index in [-0.39, 0.29) is 43.3 Å². The van der Waals surface area contributed by atoms with Crippen LogP contribution in [-0.2, 0) is 16.0 Å². The molecule has 1 N–H and O–H groups in total. The maximum absolute atomic E-state index is 13.5. The fourth-order valence-corrected chi connectivity index (χ4v) is 2.01. The average Bonchev–Trinajstić information content (AvgIpc) is 2.40. The van der Waals surface area contributed by atoms with Crippen molar-refractivity contribution in [3.63, 3.8) is 0 Å². The van der Waals surface area contributed by atoms with E-state index in [1.165, 1.54) is 17.0 Å². The van der Waals surface area contributed by atoms with Gasteiger partial charge in [-0.25, -0.2) is 8.78 Å². The van der Waals surface area contributed by atoms with E-state index in [9.17, 15) is 18.4 Å². The molecule has 6 heteroatoms. The Kier molecular flexibility index (Phi) is 6.27. The Balaban J connectivity index is 2.65. The molecule has 0 fully saturated rings. The van der Waals surface area contributed by atoms with E-state index in [4.69, 9.17) is 5.11 Å². The summed E-state index contributed by atoms with van der Waals surface area (Å²) in [5.74, 6) is -3.13. The van der Waals surface area contributed by atoms with E-state index in [1.807, 2.05) is 0 Å². The summed E-state index contributed by atoms with van der Waals surface area (Å²) in [7, 11) is 0. The summed E-state index contributed by atoms with van der Waals surface area (Å²) in [6.07, 6.45) is -0.0465. The van der Waals surface area contributed by atoms with Gasteiger partial charge in [-0.2, -0.15) is 0 Å². The second-order valence-corrected chi connectivity index (χ2v) is 5.04. The van der Waals surface area contributed by atoms with Crippen LogP contribution in [-0.4, -0.2) is 34.5 Å². The zero-order chi connectivity index (χ0) is 16.0. The highest BCUT2D eigenvalue weighted by Gasteiger charge is 2.18.